The van der Waals surface area contributed by atoms with Crippen LogP contribution in [0.3, 0.4) is 0 Å². The van der Waals surface area contributed by atoms with Crippen LogP contribution in [0.4, 0.5) is 0 Å². The lowest BCUT2D eigenvalue weighted by molar-refractivity contribution is 0.0760. The van der Waals surface area contributed by atoms with Crippen molar-refractivity contribution in [3.63, 3.8) is 0 Å². The highest BCUT2D eigenvalue weighted by Gasteiger charge is 2.32. The first-order valence-electron chi connectivity index (χ1n) is 7.22. The number of nitrogens with zero attached hydrogens (tertiary/aromatic N) is 1. The second-order valence-corrected chi connectivity index (χ2v) is 8.13. The fraction of sp³-hybridized carbons (Fsp3) is 0.235. The quantitative estimate of drug-likeness (QED) is 0.609. The van der Waals surface area contributed by atoms with Crippen molar-refractivity contribution in [3.8, 4) is 5.75 Å². The number of hydrogen-bond acceptors (Lipinski definition) is 3. The first-order valence-corrected chi connectivity index (χ1v) is 9.82. The summed E-state index contributed by atoms with van der Waals surface area (Å²) in [6.45, 7) is 0.677. The number of benzene rings is 2. The van der Waals surface area contributed by atoms with E-state index >= 15 is 0 Å². The van der Waals surface area contributed by atoms with Gasteiger partial charge in [-0.2, -0.15) is 0 Å². The molecule has 0 spiro atoms. The summed E-state index contributed by atoms with van der Waals surface area (Å²) in [5.74, 6) is 1.56. The minimum absolute atomic E-state index is 0.0496. The molecule has 1 unspecified atom stereocenters. The maximum atomic E-state index is 12.9. The van der Waals surface area contributed by atoms with E-state index in [9.17, 15) is 4.79 Å². The summed E-state index contributed by atoms with van der Waals surface area (Å²) < 4.78 is 6.14. The van der Waals surface area contributed by atoms with E-state index in [-0.39, 0.29) is 11.3 Å². The van der Waals surface area contributed by atoms with Crippen molar-refractivity contribution >= 4 is 56.8 Å². The zero-order chi connectivity index (χ0) is 17.3. The van der Waals surface area contributed by atoms with Crippen molar-refractivity contribution in [3.05, 3.63) is 62.0 Å². The van der Waals surface area contributed by atoms with Crippen LogP contribution in [0.1, 0.15) is 21.3 Å². The zero-order valence-electron chi connectivity index (χ0n) is 12.8. The first kappa shape index (κ1) is 17.9. The molecule has 0 aromatic heterocycles. The molecule has 1 aliphatic heterocycles. The lowest BCUT2D eigenvalue weighted by Crippen LogP contribution is -2.30. The zero-order valence-corrected chi connectivity index (χ0v) is 16.7. The lowest BCUT2D eigenvalue weighted by atomic mass is 10.1. The van der Waals surface area contributed by atoms with Gasteiger partial charge in [0.1, 0.15) is 11.1 Å². The summed E-state index contributed by atoms with van der Waals surface area (Å²) in [4.78, 5) is 14.8. The Morgan fingerprint density at radius 2 is 2.08 bits per heavy atom. The number of carbonyl (C=O) groups excluding carboxylic acids is 1. The number of hydrogen-bond donors (Lipinski definition) is 0. The molecule has 0 bridgehead atoms. The highest BCUT2D eigenvalue weighted by molar-refractivity contribution is 9.10. The second-order valence-electron chi connectivity index (χ2n) is 5.24. The molecule has 126 valence electrons. The van der Waals surface area contributed by atoms with Gasteiger partial charge in [0.25, 0.3) is 5.91 Å². The molecule has 2 aromatic carbocycles. The molecule has 1 heterocycles. The molecule has 0 radical (unpaired) electrons. The van der Waals surface area contributed by atoms with Crippen LogP contribution >= 0.6 is 50.9 Å². The number of thioether (sulfide) groups is 1. The molecule has 0 saturated carbocycles. The first-order chi connectivity index (χ1) is 11.5. The topological polar surface area (TPSA) is 29.5 Å². The molecule has 7 heteroatoms. The standard InChI is InChI=1S/C17H14BrCl2NO2S/c1-23-15-5-2-10(8-13(15)18)17-21(6-7-24-17)16(22)12-4-3-11(19)9-14(12)20/h2-5,8-9,17H,6-7H2,1H3. The highest BCUT2D eigenvalue weighted by Crippen LogP contribution is 2.41. The number of halogens is 3. The Hall–Kier alpha value is -0.880. The maximum Gasteiger partial charge on any atom is 0.256 e. The average molecular weight is 447 g/mol. The molecule has 0 aliphatic carbocycles. The lowest BCUT2D eigenvalue weighted by Gasteiger charge is -2.25. The summed E-state index contributed by atoms with van der Waals surface area (Å²) in [6.07, 6.45) is 0. The van der Waals surface area contributed by atoms with Gasteiger partial charge in [-0.3, -0.25) is 4.79 Å². The average Bonchev–Trinajstić information content (AvgIpc) is 3.03. The molecule has 3 nitrogen and oxygen atoms in total. The van der Waals surface area contributed by atoms with Gasteiger partial charge in [-0.1, -0.05) is 29.3 Å². The van der Waals surface area contributed by atoms with Gasteiger partial charge in [0, 0.05) is 17.3 Å². The van der Waals surface area contributed by atoms with Crippen molar-refractivity contribution in [1.82, 2.24) is 4.90 Å². The van der Waals surface area contributed by atoms with Gasteiger partial charge in [-0.15, -0.1) is 11.8 Å². The van der Waals surface area contributed by atoms with Gasteiger partial charge in [0.15, 0.2) is 0 Å². The molecule has 1 atom stereocenters. The smallest absolute Gasteiger partial charge is 0.256 e. The third kappa shape index (κ3) is 3.54. The molecule has 24 heavy (non-hydrogen) atoms. The van der Waals surface area contributed by atoms with Crippen LogP contribution in [0, 0.1) is 0 Å². The molecule has 1 amide bonds. The summed E-state index contributed by atoms with van der Waals surface area (Å²) in [6, 6.07) is 10.8. The minimum atomic E-state index is -0.0846. The molecule has 3 rings (SSSR count). The fourth-order valence-electron chi connectivity index (χ4n) is 2.61. The Balaban J connectivity index is 1.90. The van der Waals surface area contributed by atoms with Crippen molar-refractivity contribution in [1.29, 1.82) is 0 Å². The van der Waals surface area contributed by atoms with Crippen molar-refractivity contribution in [2.24, 2.45) is 0 Å². The van der Waals surface area contributed by atoms with Crippen LogP contribution in [0.2, 0.25) is 10.0 Å². The number of ether oxygens (including phenoxy) is 1. The Bertz CT molecular complexity index is 787. The van der Waals surface area contributed by atoms with Gasteiger partial charge in [-0.05, 0) is 51.8 Å². The Kier molecular flexibility index (Phi) is 5.65. The van der Waals surface area contributed by atoms with Crippen LogP contribution in [0.25, 0.3) is 0 Å². The molecular formula is C17H14BrCl2NO2S. The maximum absolute atomic E-state index is 12.9. The van der Waals surface area contributed by atoms with Crippen molar-refractivity contribution < 1.29 is 9.53 Å². The third-order valence-electron chi connectivity index (χ3n) is 3.77. The van der Waals surface area contributed by atoms with Gasteiger partial charge in [0.2, 0.25) is 0 Å². The molecule has 1 saturated heterocycles. The van der Waals surface area contributed by atoms with E-state index in [0.717, 1.165) is 21.5 Å². The van der Waals surface area contributed by atoms with Gasteiger partial charge < -0.3 is 9.64 Å². The van der Waals surface area contributed by atoms with E-state index in [0.29, 0.717) is 22.2 Å². The fourth-order valence-corrected chi connectivity index (χ4v) is 4.90. The Morgan fingerprint density at radius 1 is 1.29 bits per heavy atom. The second kappa shape index (κ2) is 7.56. The minimum Gasteiger partial charge on any atom is -0.496 e. The monoisotopic (exact) mass is 445 g/mol. The predicted octanol–water partition coefficient (Wildman–Crippen LogP) is 5.65. The van der Waals surface area contributed by atoms with Gasteiger partial charge in [-0.25, -0.2) is 0 Å². The van der Waals surface area contributed by atoms with E-state index in [1.807, 2.05) is 23.1 Å². The summed E-state index contributed by atoms with van der Waals surface area (Å²) in [5, 5.41) is 0.841. The summed E-state index contributed by atoms with van der Waals surface area (Å²) >= 11 is 17.4. The predicted molar refractivity (Wildman–Crippen MR) is 103 cm³/mol. The van der Waals surface area contributed by atoms with Gasteiger partial charge in [0.05, 0.1) is 22.2 Å². The third-order valence-corrected chi connectivity index (χ3v) is 6.20. The van der Waals surface area contributed by atoms with Crippen LogP contribution in [0.15, 0.2) is 40.9 Å². The molecular weight excluding hydrogens is 433 g/mol. The van der Waals surface area contributed by atoms with Crippen LogP contribution in [-0.4, -0.2) is 30.2 Å². The molecule has 0 N–H and O–H groups in total. The molecule has 1 aliphatic rings. The van der Waals surface area contributed by atoms with Gasteiger partial charge >= 0.3 is 0 Å². The Labute approximate surface area is 163 Å². The van der Waals surface area contributed by atoms with Crippen molar-refractivity contribution in [2.45, 2.75) is 5.37 Å². The van der Waals surface area contributed by atoms with Crippen molar-refractivity contribution in [2.75, 3.05) is 19.4 Å². The highest BCUT2D eigenvalue weighted by atomic mass is 79.9. The molecule has 2 aromatic rings. The largest absolute Gasteiger partial charge is 0.496 e. The van der Waals surface area contributed by atoms with Crippen LogP contribution < -0.4 is 4.74 Å². The molecule has 1 fully saturated rings. The number of rotatable bonds is 3. The van der Waals surface area contributed by atoms with E-state index < -0.39 is 0 Å². The van der Waals surface area contributed by atoms with Crippen LogP contribution in [0.5, 0.6) is 5.75 Å². The van der Waals surface area contributed by atoms with E-state index in [2.05, 4.69) is 15.9 Å². The van der Waals surface area contributed by atoms with Crippen LogP contribution in [-0.2, 0) is 0 Å². The SMILES string of the molecule is COc1ccc(C2SCCN2C(=O)c2ccc(Cl)cc2Cl)cc1Br. The number of methoxy groups -OCH3 is 1. The summed E-state index contributed by atoms with van der Waals surface area (Å²) in [5.41, 5.74) is 1.52. The summed E-state index contributed by atoms with van der Waals surface area (Å²) in [7, 11) is 1.63. The van der Waals surface area contributed by atoms with E-state index in [4.69, 9.17) is 27.9 Å². The van der Waals surface area contributed by atoms with E-state index in [1.54, 1.807) is 37.1 Å². The number of carbonyl (C=O) groups is 1. The Morgan fingerprint density at radius 3 is 2.75 bits per heavy atom. The normalized spacial score (nSPS) is 17.2. The number of amides is 1. The van der Waals surface area contributed by atoms with E-state index in [1.165, 1.54) is 0 Å².